The van der Waals surface area contributed by atoms with E-state index in [9.17, 15) is 9.59 Å². The zero-order valence-electron chi connectivity index (χ0n) is 15.9. The summed E-state index contributed by atoms with van der Waals surface area (Å²) in [4.78, 5) is 27.3. The Morgan fingerprint density at radius 3 is 2.41 bits per heavy atom. The highest BCUT2D eigenvalue weighted by molar-refractivity contribution is 6.36. The van der Waals surface area contributed by atoms with Crippen LogP contribution < -0.4 is 5.32 Å². The Bertz CT molecular complexity index is 872. The van der Waals surface area contributed by atoms with Crippen LogP contribution in [0.3, 0.4) is 0 Å². The maximum atomic E-state index is 13.0. The molecule has 0 unspecified atom stereocenters. The Morgan fingerprint density at radius 1 is 1.00 bits per heavy atom. The van der Waals surface area contributed by atoms with Gasteiger partial charge in [-0.05, 0) is 44.0 Å². The summed E-state index contributed by atoms with van der Waals surface area (Å²) in [5.74, 6) is -0.624. The molecule has 0 spiro atoms. The molecule has 3 rings (SSSR count). The summed E-state index contributed by atoms with van der Waals surface area (Å²) in [6.07, 6.45) is 0.0456. The largest absolute Gasteiger partial charge is 0.377 e. The molecule has 0 bridgehead atoms. The maximum absolute atomic E-state index is 13.0. The van der Waals surface area contributed by atoms with Gasteiger partial charge in [0, 0.05) is 5.69 Å². The predicted octanol–water partition coefficient (Wildman–Crippen LogP) is 3.61. The molecule has 1 aliphatic heterocycles. The Morgan fingerprint density at radius 2 is 1.74 bits per heavy atom. The molecule has 2 aromatic rings. The van der Waals surface area contributed by atoms with E-state index in [4.69, 9.17) is 4.74 Å². The Labute approximate surface area is 159 Å². The van der Waals surface area contributed by atoms with Gasteiger partial charge in [-0.3, -0.25) is 14.5 Å². The summed E-state index contributed by atoms with van der Waals surface area (Å²) in [6, 6.07) is 17.0. The van der Waals surface area contributed by atoms with Gasteiger partial charge in [-0.15, -0.1) is 0 Å². The van der Waals surface area contributed by atoms with Crippen LogP contribution >= 0.6 is 0 Å². The minimum atomic E-state index is -0.326. The third-order valence-corrected chi connectivity index (χ3v) is 4.28. The van der Waals surface area contributed by atoms with Gasteiger partial charge >= 0.3 is 0 Å². The van der Waals surface area contributed by atoms with E-state index in [1.165, 1.54) is 4.90 Å². The molecule has 1 heterocycles. The minimum absolute atomic E-state index is 0.0456. The van der Waals surface area contributed by atoms with Crippen molar-refractivity contribution in [1.82, 2.24) is 4.90 Å². The van der Waals surface area contributed by atoms with E-state index in [2.05, 4.69) is 5.32 Å². The number of aryl methyl sites for hydroxylation is 1. The molecule has 0 saturated heterocycles. The standard InChI is InChI=1S/C22H24N2O3/c1-15(2)27-13-12-24-21(25)19(17-9-5-4-6-10-17)20(22(24)26)23-18-11-7-8-16(3)14-18/h4-11,14-15,23H,12-13H2,1-3H3. The van der Waals surface area contributed by atoms with Crippen molar-refractivity contribution in [3.05, 3.63) is 71.4 Å². The fraction of sp³-hybridized carbons (Fsp3) is 0.273. The number of imide groups is 1. The lowest BCUT2D eigenvalue weighted by atomic mass is 10.0. The maximum Gasteiger partial charge on any atom is 0.278 e. The number of carbonyl (C=O) groups excluding carboxylic acids is 2. The topological polar surface area (TPSA) is 58.6 Å². The molecule has 0 radical (unpaired) electrons. The number of anilines is 1. The van der Waals surface area contributed by atoms with Crippen LogP contribution in [0, 0.1) is 6.92 Å². The number of nitrogens with one attached hydrogen (secondary N) is 1. The van der Waals surface area contributed by atoms with E-state index >= 15 is 0 Å². The van der Waals surface area contributed by atoms with Gasteiger partial charge < -0.3 is 10.1 Å². The zero-order valence-corrected chi connectivity index (χ0v) is 15.9. The molecule has 5 heteroatoms. The van der Waals surface area contributed by atoms with E-state index < -0.39 is 0 Å². The molecule has 0 saturated carbocycles. The van der Waals surface area contributed by atoms with E-state index in [-0.39, 0.29) is 24.5 Å². The third-order valence-electron chi connectivity index (χ3n) is 4.28. The second-order valence-electron chi connectivity index (χ2n) is 6.79. The van der Waals surface area contributed by atoms with Crippen molar-refractivity contribution in [2.24, 2.45) is 0 Å². The molecule has 27 heavy (non-hydrogen) atoms. The Kier molecular flexibility index (Phi) is 5.72. The van der Waals surface area contributed by atoms with Crippen molar-refractivity contribution in [1.29, 1.82) is 0 Å². The second-order valence-corrected chi connectivity index (χ2v) is 6.79. The molecule has 0 aromatic heterocycles. The molecular weight excluding hydrogens is 340 g/mol. The first-order chi connectivity index (χ1) is 13.0. The predicted molar refractivity (Wildman–Crippen MR) is 106 cm³/mol. The molecule has 2 aromatic carbocycles. The van der Waals surface area contributed by atoms with E-state index in [0.29, 0.717) is 17.9 Å². The minimum Gasteiger partial charge on any atom is -0.377 e. The molecule has 0 aliphatic carbocycles. The van der Waals surface area contributed by atoms with Crippen molar-refractivity contribution >= 4 is 23.1 Å². The van der Waals surface area contributed by atoms with Gasteiger partial charge in [0.15, 0.2) is 0 Å². The lowest BCUT2D eigenvalue weighted by Crippen LogP contribution is -2.35. The lowest BCUT2D eigenvalue weighted by Gasteiger charge is -2.16. The summed E-state index contributed by atoms with van der Waals surface area (Å²) < 4.78 is 5.53. The quantitative estimate of drug-likeness (QED) is 0.763. The molecule has 0 atom stereocenters. The molecular formula is C22H24N2O3. The highest BCUT2D eigenvalue weighted by Crippen LogP contribution is 2.30. The zero-order chi connectivity index (χ0) is 19.4. The summed E-state index contributed by atoms with van der Waals surface area (Å²) in [5.41, 5.74) is 3.27. The first-order valence-electron chi connectivity index (χ1n) is 9.08. The number of rotatable bonds is 7. The number of benzene rings is 2. The second kappa shape index (κ2) is 8.18. The number of ether oxygens (including phenoxy) is 1. The van der Waals surface area contributed by atoms with Crippen LogP contribution in [0.25, 0.3) is 5.57 Å². The number of amides is 2. The molecule has 2 amide bonds. The fourth-order valence-electron chi connectivity index (χ4n) is 3.01. The average molecular weight is 364 g/mol. The van der Waals surface area contributed by atoms with Gasteiger partial charge in [-0.1, -0.05) is 42.5 Å². The molecule has 1 aliphatic rings. The van der Waals surface area contributed by atoms with Crippen LogP contribution in [-0.2, 0) is 14.3 Å². The van der Waals surface area contributed by atoms with Crippen molar-refractivity contribution in [3.8, 4) is 0 Å². The number of hydrogen-bond donors (Lipinski definition) is 1. The monoisotopic (exact) mass is 364 g/mol. The van der Waals surface area contributed by atoms with Crippen molar-refractivity contribution in [3.63, 3.8) is 0 Å². The Balaban J connectivity index is 1.94. The van der Waals surface area contributed by atoms with Crippen LogP contribution in [-0.4, -0.2) is 36.0 Å². The highest BCUT2D eigenvalue weighted by Gasteiger charge is 2.38. The van der Waals surface area contributed by atoms with E-state index in [1.807, 2.05) is 75.4 Å². The fourth-order valence-corrected chi connectivity index (χ4v) is 3.01. The van der Waals surface area contributed by atoms with Crippen LogP contribution in [0.1, 0.15) is 25.0 Å². The van der Waals surface area contributed by atoms with Crippen molar-refractivity contribution in [2.45, 2.75) is 26.9 Å². The van der Waals surface area contributed by atoms with Crippen molar-refractivity contribution < 1.29 is 14.3 Å². The van der Waals surface area contributed by atoms with E-state index in [1.54, 1.807) is 0 Å². The van der Waals surface area contributed by atoms with Gasteiger partial charge in [-0.2, -0.15) is 0 Å². The summed E-state index contributed by atoms with van der Waals surface area (Å²) in [7, 11) is 0. The normalized spacial score (nSPS) is 14.4. The molecule has 5 nitrogen and oxygen atoms in total. The first-order valence-corrected chi connectivity index (χ1v) is 9.08. The smallest absolute Gasteiger partial charge is 0.278 e. The SMILES string of the molecule is Cc1cccc(NC2=C(c3ccccc3)C(=O)N(CCOC(C)C)C2=O)c1. The van der Waals surface area contributed by atoms with Crippen LogP contribution in [0.15, 0.2) is 60.3 Å². The lowest BCUT2D eigenvalue weighted by molar-refractivity contribution is -0.137. The van der Waals surface area contributed by atoms with Crippen LogP contribution in [0.2, 0.25) is 0 Å². The number of nitrogens with zero attached hydrogens (tertiary/aromatic N) is 1. The van der Waals surface area contributed by atoms with Gasteiger partial charge in [0.1, 0.15) is 5.70 Å². The van der Waals surface area contributed by atoms with E-state index in [0.717, 1.165) is 16.8 Å². The summed E-state index contributed by atoms with van der Waals surface area (Å²) in [5, 5.41) is 3.17. The van der Waals surface area contributed by atoms with Gasteiger partial charge in [0.2, 0.25) is 0 Å². The number of hydrogen-bond acceptors (Lipinski definition) is 4. The summed E-state index contributed by atoms with van der Waals surface area (Å²) in [6.45, 7) is 6.37. The summed E-state index contributed by atoms with van der Waals surface area (Å²) >= 11 is 0. The van der Waals surface area contributed by atoms with Crippen LogP contribution in [0.4, 0.5) is 5.69 Å². The Hall–Kier alpha value is -2.92. The molecule has 1 N–H and O–H groups in total. The third kappa shape index (κ3) is 4.26. The average Bonchev–Trinajstić information content (AvgIpc) is 2.86. The van der Waals surface area contributed by atoms with Crippen molar-refractivity contribution in [2.75, 3.05) is 18.5 Å². The van der Waals surface area contributed by atoms with Gasteiger partial charge in [-0.25, -0.2) is 0 Å². The van der Waals surface area contributed by atoms with Crippen LogP contribution in [0.5, 0.6) is 0 Å². The molecule has 140 valence electrons. The van der Waals surface area contributed by atoms with Gasteiger partial charge in [0.25, 0.3) is 11.8 Å². The first kappa shape index (κ1) is 18.9. The molecule has 0 fully saturated rings. The highest BCUT2D eigenvalue weighted by atomic mass is 16.5. The van der Waals surface area contributed by atoms with Gasteiger partial charge in [0.05, 0.1) is 24.8 Å². The number of carbonyl (C=O) groups is 2.